The standard InChI is InChI=1S/C16H23FN2O/c1-16(2,3)14(18)15(20)19(13-8-9-13)10-11-4-6-12(17)7-5-11/h4-7,13-14H,8-10,18H2,1-3H3. The highest BCUT2D eigenvalue weighted by atomic mass is 19.1. The third kappa shape index (κ3) is 3.57. The summed E-state index contributed by atoms with van der Waals surface area (Å²) in [5.74, 6) is -0.270. The maximum atomic E-state index is 12.9. The van der Waals surface area contributed by atoms with E-state index < -0.39 is 6.04 Å². The summed E-state index contributed by atoms with van der Waals surface area (Å²) in [6.45, 7) is 6.42. The van der Waals surface area contributed by atoms with E-state index >= 15 is 0 Å². The van der Waals surface area contributed by atoms with Gasteiger partial charge in [0.25, 0.3) is 0 Å². The first-order valence-electron chi connectivity index (χ1n) is 7.09. The van der Waals surface area contributed by atoms with Gasteiger partial charge in [0.15, 0.2) is 0 Å². The van der Waals surface area contributed by atoms with Crippen LogP contribution in [-0.2, 0) is 11.3 Å². The van der Waals surface area contributed by atoms with Gasteiger partial charge in [-0.2, -0.15) is 0 Å². The molecule has 0 saturated heterocycles. The number of carbonyl (C=O) groups excluding carboxylic acids is 1. The highest BCUT2D eigenvalue weighted by Crippen LogP contribution is 2.31. The van der Waals surface area contributed by atoms with Gasteiger partial charge in [-0.1, -0.05) is 32.9 Å². The minimum Gasteiger partial charge on any atom is -0.334 e. The number of carbonyl (C=O) groups is 1. The van der Waals surface area contributed by atoms with Crippen LogP contribution in [0.5, 0.6) is 0 Å². The molecule has 1 saturated carbocycles. The van der Waals surface area contributed by atoms with E-state index in [1.54, 1.807) is 12.1 Å². The van der Waals surface area contributed by atoms with E-state index in [1.165, 1.54) is 12.1 Å². The Bertz CT molecular complexity index is 474. The van der Waals surface area contributed by atoms with Gasteiger partial charge in [0, 0.05) is 12.6 Å². The van der Waals surface area contributed by atoms with Crippen molar-refractivity contribution in [3.63, 3.8) is 0 Å². The van der Waals surface area contributed by atoms with Crippen molar-refractivity contribution in [1.29, 1.82) is 0 Å². The fourth-order valence-electron chi connectivity index (χ4n) is 2.11. The van der Waals surface area contributed by atoms with Gasteiger partial charge in [0.2, 0.25) is 5.91 Å². The van der Waals surface area contributed by atoms with Crippen molar-refractivity contribution < 1.29 is 9.18 Å². The molecule has 0 spiro atoms. The van der Waals surface area contributed by atoms with Crippen LogP contribution < -0.4 is 5.73 Å². The van der Waals surface area contributed by atoms with Gasteiger partial charge in [-0.05, 0) is 36.0 Å². The number of halogens is 1. The average Bonchev–Trinajstić information content (AvgIpc) is 3.19. The van der Waals surface area contributed by atoms with Crippen molar-refractivity contribution >= 4 is 5.91 Å². The summed E-state index contributed by atoms with van der Waals surface area (Å²) >= 11 is 0. The lowest BCUT2D eigenvalue weighted by atomic mass is 9.86. The first-order valence-corrected chi connectivity index (χ1v) is 7.09. The van der Waals surface area contributed by atoms with Gasteiger partial charge in [0.05, 0.1) is 6.04 Å². The maximum Gasteiger partial charge on any atom is 0.240 e. The predicted molar refractivity (Wildman–Crippen MR) is 77.4 cm³/mol. The van der Waals surface area contributed by atoms with Crippen LogP contribution in [0.4, 0.5) is 4.39 Å². The number of hydrogen-bond acceptors (Lipinski definition) is 2. The molecule has 1 amide bonds. The zero-order valence-corrected chi connectivity index (χ0v) is 12.4. The van der Waals surface area contributed by atoms with Crippen LogP contribution in [0.2, 0.25) is 0 Å². The molecule has 2 N–H and O–H groups in total. The quantitative estimate of drug-likeness (QED) is 0.920. The fraction of sp³-hybridized carbons (Fsp3) is 0.562. The van der Waals surface area contributed by atoms with Gasteiger partial charge in [-0.25, -0.2) is 4.39 Å². The Labute approximate surface area is 120 Å². The Morgan fingerprint density at radius 1 is 1.35 bits per heavy atom. The Morgan fingerprint density at radius 3 is 2.35 bits per heavy atom. The molecule has 0 heterocycles. The lowest BCUT2D eigenvalue weighted by Gasteiger charge is -2.32. The van der Waals surface area contributed by atoms with Gasteiger partial charge in [-0.3, -0.25) is 4.79 Å². The average molecular weight is 278 g/mol. The smallest absolute Gasteiger partial charge is 0.240 e. The van der Waals surface area contributed by atoms with E-state index in [1.807, 2.05) is 25.7 Å². The molecule has 1 aliphatic rings. The van der Waals surface area contributed by atoms with Crippen LogP contribution in [0.15, 0.2) is 24.3 Å². The van der Waals surface area contributed by atoms with E-state index in [2.05, 4.69) is 0 Å². The minimum absolute atomic E-state index is 0.00988. The molecule has 4 heteroatoms. The molecular weight excluding hydrogens is 255 g/mol. The van der Waals surface area contributed by atoms with Crippen molar-refractivity contribution in [3.05, 3.63) is 35.6 Å². The Hall–Kier alpha value is -1.42. The van der Waals surface area contributed by atoms with E-state index in [0.29, 0.717) is 12.6 Å². The molecule has 1 aromatic rings. The predicted octanol–water partition coefficient (Wildman–Crippen LogP) is 2.69. The molecule has 0 radical (unpaired) electrons. The van der Waals surface area contributed by atoms with Crippen LogP contribution in [0.25, 0.3) is 0 Å². The van der Waals surface area contributed by atoms with Crippen molar-refractivity contribution in [2.45, 2.75) is 52.2 Å². The molecule has 1 aromatic carbocycles. The van der Waals surface area contributed by atoms with Crippen LogP contribution in [0, 0.1) is 11.2 Å². The molecule has 2 rings (SSSR count). The van der Waals surface area contributed by atoms with Crippen molar-refractivity contribution in [3.8, 4) is 0 Å². The fourth-order valence-corrected chi connectivity index (χ4v) is 2.11. The molecule has 110 valence electrons. The summed E-state index contributed by atoms with van der Waals surface area (Å²) in [6, 6.07) is 6.08. The third-order valence-corrected chi connectivity index (χ3v) is 3.74. The van der Waals surface area contributed by atoms with Crippen molar-refractivity contribution in [1.82, 2.24) is 4.90 Å². The van der Waals surface area contributed by atoms with Crippen LogP contribution >= 0.6 is 0 Å². The van der Waals surface area contributed by atoms with Crippen LogP contribution in [0.1, 0.15) is 39.2 Å². The topological polar surface area (TPSA) is 46.3 Å². The molecule has 0 aliphatic heterocycles. The number of hydrogen-bond donors (Lipinski definition) is 1. The second-order valence-corrected chi connectivity index (χ2v) is 6.67. The number of nitrogens with two attached hydrogens (primary N) is 1. The molecule has 1 fully saturated rings. The molecule has 3 nitrogen and oxygen atoms in total. The molecule has 0 bridgehead atoms. The third-order valence-electron chi connectivity index (χ3n) is 3.74. The van der Waals surface area contributed by atoms with E-state index in [-0.39, 0.29) is 17.1 Å². The maximum absolute atomic E-state index is 12.9. The normalized spacial score (nSPS) is 16.9. The SMILES string of the molecule is CC(C)(C)C(N)C(=O)N(Cc1ccc(F)cc1)C1CC1. The molecule has 1 atom stereocenters. The minimum atomic E-state index is -0.511. The van der Waals surface area contributed by atoms with Crippen molar-refractivity contribution in [2.24, 2.45) is 11.1 Å². The molecule has 1 aliphatic carbocycles. The summed E-state index contributed by atoms with van der Waals surface area (Å²) in [4.78, 5) is 14.4. The number of rotatable bonds is 4. The van der Waals surface area contributed by atoms with Crippen LogP contribution in [0.3, 0.4) is 0 Å². The Morgan fingerprint density at radius 2 is 1.90 bits per heavy atom. The van der Waals surface area contributed by atoms with Gasteiger partial charge in [-0.15, -0.1) is 0 Å². The largest absolute Gasteiger partial charge is 0.334 e. The second-order valence-electron chi connectivity index (χ2n) is 6.67. The summed E-state index contributed by atoms with van der Waals surface area (Å²) in [5.41, 5.74) is 6.77. The highest BCUT2D eigenvalue weighted by molar-refractivity contribution is 5.83. The molecule has 0 aromatic heterocycles. The number of benzene rings is 1. The summed E-state index contributed by atoms with van der Waals surface area (Å²) < 4.78 is 12.9. The number of nitrogens with zero attached hydrogens (tertiary/aromatic N) is 1. The Balaban J connectivity index is 2.11. The lowest BCUT2D eigenvalue weighted by Crippen LogP contribution is -2.50. The highest BCUT2D eigenvalue weighted by Gasteiger charge is 2.38. The first-order chi connectivity index (χ1) is 9.29. The van der Waals surface area contributed by atoms with E-state index in [9.17, 15) is 9.18 Å². The van der Waals surface area contributed by atoms with E-state index in [4.69, 9.17) is 5.73 Å². The Kier molecular flexibility index (Phi) is 4.14. The summed E-state index contributed by atoms with van der Waals surface area (Å²) in [7, 11) is 0. The van der Waals surface area contributed by atoms with Gasteiger partial charge >= 0.3 is 0 Å². The zero-order valence-electron chi connectivity index (χ0n) is 12.4. The number of amides is 1. The second kappa shape index (κ2) is 5.52. The van der Waals surface area contributed by atoms with E-state index in [0.717, 1.165) is 18.4 Å². The summed E-state index contributed by atoms with van der Waals surface area (Å²) in [5, 5.41) is 0. The molecule has 20 heavy (non-hydrogen) atoms. The monoisotopic (exact) mass is 278 g/mol. The molecule has 1 unspecified atom stereocenters. The van der Waals surface area contributed by atoms with Gasteiger partial charge in [0.1, 0.15) is 5.82 Å². The van der Waals surface area contributed by atoms with Gasteiger partial charge < -0.3 is 10.6 Å². The van der Waals surface area contributed by atoms with Crippen molar-refractivity contribution in [2.75, 3.05) is 0 Å². The molecular formula is C16H23FN2O. The first kappa shape index (κ1) is 15.0. The van der Waals surface area contributed by atoms with Crippen LogP contribution in [-0.4, -0.2) is 22.9 Å². The summed E-state index contributed by atoms with van der Waals surface area (Å²) in [6.07, 6.45) is 2.06. The lowest BCUT2D eigenvalue weighted by molar-refractivity contribution is -0.136. The zero-order chi connectivity index (χ0) is 14.9.